The number of rotatable bonds is 5. The molecule has 9 heteroatoms. The predicted octanol–water partition coefficient (Wildman–Crippen LogP) is 2.28. The van der Waals surface area contributed by atoms with Gasteiger partial charge in [0.2, 0.25) is 16.9 Å². The zero-order valence-electron chi connectivity index (χ0n) is 14.5. The summed E-state index contributed by atoms with van der Waals surface area (Å²) in [5.74, 6) is -0.442. The Kier molecular flexibility index (Phi) is 4.85. The van der Waals surface area contributed by atoms with Gasteiger partial charge in [0, 0.05) is 12.3 Å². The van der Waals surface area contributed by atoms with Crippen LogP contribution in [0.25, 0.3) is 0 Å². The highest BCUT2D eigenvalue weighted by atomic mass is 32.1. The Labute approximate surface area is 159 Å². The van der Waals surface area contributed by atoms with Gasteiger partial charge in [-0.3, -0.25) is 14.4 Å². The van der Waals surface area contributed by atoms with E-state index in [4.69, 9.17) is 0 Å². The predicted molar refractivity (Wildman–Crippen MR) is 101 cm³/mol. The maximum atomic E-state index is 12.3. The molecule has 0 saturated heterocycles. The Hall–Kier alpha value is -2.81. The number of carbonyl (C=O) groups is 3. The molecule has 1 aromatic carbocycles. The molecule has 140 valence electrons. The van der Waals surface area contributed by atoms with Crippen molar-refractivity contribution in [1.29, 1.82) is 0 Å². The molecule has 1 aliphatic carbocycles. The highest BCUT2D eigenvalue weighted by molar-refractivity contribution is 7.15. The maximum absolute atomic E-state index is 12.3. The van der Waals surface area contributed by atoms with Crippen LogP contribution in [0.3, 0.4) is 0 Å². The van der Waals surface area contributed by atoms with E-state index >= 15 is 0 Å². The first-order chi connectivity index (χ1) is 13.1. The SMILES string of the molecule is O=C(CC[C@@H]1NC(=O)c2ccccc2NC1=O)Nc1nnc(C2CCC2)s1. The van der Waals surface area contributed by atoms with E-state index in [9.17, 15) is 14.4 Å². The van der Waals surface area contributed by atoms with Crippen molar-refractivity contribution in [3.8, 4) is 0 Å². The molecule has 0 bridgehead atoms. The number of nitrogens with one attached hydrogen (secondary N) is 3. The molecule has 0 radical (unpaired) electrons. The molecular formula is C18H19N5O3S. The van der Waals surface area contributed by atoms with Crippen LogP contribution in [0, 0.1) is 0 Å². The molecule has 2 aromatic rings. The van der Waals surface area contributed by atoms with Gasteiger partial charge in [0.15, 0.2) is 0 Å². The van der Waals surface area contributed by atoms with Crippen molar-refractivity contribution < 1.29 is 14.4 Å². The van der Waals surface area contributed by atoms with Gasteiger partial charge in [-0.2, -0.15) is 0 Å². The minimum Gasteiger partial charge on any atom is -0.340 e. The van der Waals surface area contributed by atoms with Crippen LogP contribution in [-0.4, -0.2) is 34.0 Å². The molecule has 8 nitrogen and oxygen atoms in total. The molecule has 2 heterocycles. The fourth-order valence-electron chi connectivity index (χ4n) is 3.08. The molecule has 1 aliphatic heterocycles. The number of anilines is 2. The van der Waals surface area contributed by atoms with Gasteiger partial charge >= 0.3 is 0 Å². The Morgan fingerprint density at radius 1 is 1.22 bits per heavy atom. The lowest BCUT2D eigenvalue weighted by Crippen LogP contribution is -2.41. The summed E-state index contributed by atoms with van der Waals surface area (Å²) in [6.07, 6.45) is 3.76. The number of hydrogen-bond donors (Lipinski definition) is 3. The monoisotopic (exact) mass is 385 g/mol. The number of hydrogen-bond acceptors (Lipinski definition) is 6. The van der Waals surface area contributed by atoms with Gasteiger partial charge in [-0.15, -0.1) is 10.2 Å². The Balaban J connectivity index is 1.33. The average molecular weight is 385 g/mol. The standard InChI is InChI=1S/C18H19N5O3S/c24-14(21-18-23-22-17(27-18)10-4-3-5-10)9-8-13-16(26)19-12-7-2-1-6-11(12)15(25)20-13/h1-2,6-7,10,13H,3-5,8-9H2,(H,19,26)(H,20,25)(H,21,23,24)/t13-/m0/s1. The molecule has 3 amide bonds. The van der Waals surface area contributed by atoms with Gasteiger partial charge in [-0.25, -0.2) is 0 Å². The second kappa shape index (κ2) is 7.43. The average Bonchev–Trinajstić information content (AvgIpc) is 2.99. The van der Waals surface area contributed by atoms with Gasteiger partial charge in [-0.1, -0.05) is 29.9 Å². The lowest BCUT2D eigenvalue weighted by molar-refractivity contribution is -0.118. The molecule has 1 aromatic heterocycles. The van der Waals surface area contributed by atoms with Crippen LogP contribution in [0.4, 0.5) is 10.8 Å². The molecule has 1 saturated carbocycles. The summed E-state index contributed by atoms with van der Waals surface area (Å²) in [6, 6.07) is 6.04. The van der Waals surface area contributed by atoms with Crippen molar-refractivity contribution in [1.82, 2.24) is 15.5 Å². The number of carbonyl (C=O) groups excluding carboxylic acids is 3. The molecular weight excluding hydrogens is 366 g/mol. The van der Waals surface area contributed by atoms with Crippen molar-refractivity contribution in [2.75, 3.05) is 10.6 Å². The van der Waals surface area contributed by atoms with Crippen LogP contribution in [0.2, 0.25) is 0 Å². The third kappa shape index (κ3) is 3.82. The van der Waals surface area contributed by atoms with E-state index in [1.165, 1.54) is 17.8 Å². The molecule has 27 heavy (non-hydrogen) atoms. The van der Waals surface area contributed by atoms with Gasteiger partial charge < -0.3 is 16.0 Å². The molecule has 1 atom stereocenters. The van der Waals surface area contributed by atoms with Crippen molar-refractivity contribution in [2.24, 2.45) is 0 Å². The Morgan fingerprint density at radius 3 is 2.81 bits per heavy atom. The second-order valence-corrected chi connectivity index (χ2v) is 7.73. The van der Waals surface area contributed by atoms with Crippen LogP contribution in [0.5, 0.6) is 0 Å². The number of aromatic nitrogens is 2. The number of nitrogens with zero attached hydrogens (tertiary/aromatic N) is 2. The van der Waals surface area contributed by atoms with E-state index < -0.39 is 6.04 Å². The first-order valence-corrected chi connectivity index (χ1v) is 9.76. The highest BCUT2D eigenvalue weighted by Crippen LogP contribution is 2.38. The maximum Gasteiger partial charge on any atom is 0.254 e. The minimum absolute atomic E-state index is 0.0903. The lowest BCUT2D eigenvalue weighted by Gasteiger charge is -2.21. The van der Waals surface area contributed by atoms with Gasteiger partial charge in [0.1, 0.15) is 11.0 Å². The lowest BCUT2D eigenvalue weighted by atomic mass is 9.86. The summed E-state index contributed by atoms with van der Waals surface area (Å²) in [6.45, 7) is 0. The molecule has 3 N–H and O–H groups in total. The summed E-state index contributed by atoms with van der Waals surface area (Å²) in [7, 11) is 0. The van der Waals surface area contributed by atoms with E-state index in [1.54, 1.807) is 24.3 Å². The van der Waals surface area contributed by atoms with Gasteiger partial charge in [0.05, 0.1) is 11.3 Å². The Bertz CT molecular complexity index is 893. The van der Waals surface area contributed by atoms with Crippen LogP contribution >= 0.6 is 11.3 Å². The third-order valence-electron chi connectivity index (χ3n) is 4.85. The van der Waals surface area contributed by atoms with Gasteiger partial charge in [0.25, 0.3) is 5.91 Å². The molecule has 2 aliphatic rings. The molecule has 1 fully saturated rings. The summed E-state index contributed by atoms with van der Waals surface area (Å²) in [5.41, 5.74) is 0.888. The quantitative estimate of drug-likeness (QED) is 0.731. The Morgan fingerprint density at radius 2 is 2.04 bits per heavy atom. The van der Waals surface area contributed by atoms with E-state index in [0.717, 1.165) is 17.8 Å². The zero-order valence-corrected chi connectivity index (χ0v) is 15.3. The van der Waals surface area contributed by atoms with Crippen LogP contribution < -0.4 is 16.0 Å². The largest absolute Gasteiger partial charge is 0.340 e. The topological polar surface area (TPSA) is 113 Å². The number of benzene rings is 1. The first kappa shape index (κ1) is 17.6. The van der Waals surface area contributed by atoms with E-state index in [-0.39, 0.29) is 30.6 Å². The second-order valence-electron chi connectivity index (χ2n) is 6.72. The normalized spacial score (nSPS) is 19.3. The summed E-state index contributed by atoms with van der Waals surface area (Å²) in [4.78, 5) is 36.8. The zero-order chi connectivity index (χ0) is 18.8. The van der Waals surface area contributed by atoms with E-state index in [0.29, 0.717) is 22.3 Å². The molecule has 0 spiro atoms. The van der Waals surface area contributed by atoms with Crippen molar-refractivity contribution >= 4 is 39.9 Å². The van der Waals surface area contributed by atoms with E-state index in [2.05, 4.69) is 26.1 Å². The van der Waals surface area contributed by atoms with Crippen LogP contribution in [0.15, 0.2) is 24.3 Å². The number of fused-ring (bicyclic) bond motifs is 1. The third-order valence-corrected chi connectivity index (χ3v) is 5.85. The molecule has 0 unspecified atom stereocenters. The fourth-order valence-corrected chi connectivity index (χ4v) is 4.01. The van der Waals surface area contributed by atoms with Crippen molar-refractivity contribution in [3.05, 3.63) is 34.8 Å². The van der Waals surface area contributed by atoms with Crippen LogP contribution in [-0.2, 0) is 9.59 Å². The van der Waals surface area contributed by atoms with Crippen molar-refractivity contribution in [3.63, 3.8) is 0 Å². The van der Waals surface area contributed by atoms with E-state index in [1.807, 2.05) is 0 Å². The highest BCUT2D eigenvalue weighted by Gasteiger charge is 2.28. The molecule has 4 rings (SSSR count). The first-order valence-electron chi connectivity index (χ1n) is 8.94. The minimum atomic E-state index is -0.768. The van der Waals surface area contributed by atoms with Gasteiger partial charge in [-0.05, 0) is 31.4 Å². The van der Waals surface area contributed by atoms with Crippen LogP contribution in [0.1, 0.15) is 53.4 Å². The fraction of sp³-hybridized carbons (Fsp3) is 0.389. The summed E-state index contributed by atoms with van der Waals surface area (Å²) in [5, 5.41) is 17.7. The number of amides is 3. The van der Waals surface area contributed by atoms with Crippen molar-refractivity contribution in [2.45, 2.75) is 44.1 Å². The summed E-state index contributed by atoms with van der Waals surface area (Å²) < 4.78 is 0. The smallest absolute Gasteiger partial charge is 0.254 e. The number of para-hydroxylation sites is 1. The summed E-state index contributed by atoms with van der Waals surface area (Å²) >= 11 is 1.40.